The van der Waals surface area contributed by atoms with Gasteiger partial charge in [0, 0.05) is 12.3 Å². The second-order valence-corrected chi connectivity index (χ2v) is 2.25. The largest absolute Gasteiger partial charge is 0.273 e. The van der Waals surface area contributed by atoms with Crippen LogP contribution in [-0.2, 0) is 9.59 Å². The van der Waals surface area contributed by atoms with Gasteiger partial charge in [-0.3, -0.25) is 20.4 Å². The van der Waals surface area contributed by atoms with Crippen LogP contribution in [0.25, 0.3) is 0 Å². The van der Waals surface area contributed by atoms with Crippen molar-refractivity contribution >= 4 is 23.4 Å². The molecule has 0 spiro atoms. The van der Waals surface area contributed by atoms with Crippen molar-refractivity contribution in [1.29, 1.82) is 5.26 Å². The normalized spacial score (nSPS) is 8.33. The predicted molar refractivity (Wildman–Crippen MR) is 41.9 cm³/mol. The molecule has 0 aromatic carbocycles. The number of halogens is 1. The van der Waals surface area contributed by atoms with Gasteiger partial charge in [-0.1, -0.05) is 0 Å². The second kappa shape index (κ2) is 6.43. The van der Waals surface area contributed by atoms with Crippen LogP contribution in [0, 0.1) is 11.3 Å². The van der Waals surface area contributed by atoms with E-state index in [1.54, 1.807) is 6.07 Å². The average Bonchev–Trinajstić information content (AvgIpc) is 2.02. The third-order valence-corrected chi connectivity index (χ3v) is 1.09. The maximum Gasteiger partial charge on any atom is 0.252 e. The van der Waals surface area contributed by atoms with Gasteiger partial charge in [-0.15, -0.1) is 11.6 Å². The van der Waals surface area contributed by atoms with Crippen LogP contribution in [-0.4, -0.2) is 17.7 Å². The number of alkyl halides is 1. The van der Waals surface area contributed by atoms with Gasteiger partial charge in [0.25, 0.3) is 5.91 Å². The van der Waals surface area contributed by atoms with E-state index in [1.807, 2.05) is 5.43 Å². The number of hydrogen-bond donors (Lipinski definition) is 2. The third kappa shape index (κ3) is 5.50. The lowest BCUT2D eigenvalue weighted by atomic mass is 10.4. The first-order valence-electron chi connectivity index (χ1n) is 3.21. The Balaban J connectivity index is 3.48. The van der Waals surface area contributed by atoms with Crippen LogP contribution in [0.5, 0.6) is 0 Å². The highest BCUT2D eigenvalue weighted by Crippen LogP contribution is 1.82. The number of hydrazine groups is 1. The molecule has 0 aromatic rings. The van der Waals surface area contributed by atoms with Crippen molar-refractivity contribution in [2.45, 2.75) is 12.8 Å². The Bertz CT molecular complexity index is 211. The highest BCUT2D eigenvalue weighted by atomic mass is 35.5. The van der Waals surface area contributed by atoms with Crippen molar-refractivity contribution in [3.63, 3.8) is 0 Å². The van der Waals surface area contributed by atoms with E-state index in [4.69, 9.17) is 16.9 Å². The molecular weight excluding hydrogens is 182 g/mol. The Morgan fingerprint density at radius 2 is 1.92 bits per heavy atom. The zero-order chi connectivity index (χ0) is 9.40. The molecule has 0 rings (SSSR count). The van der Waals surface area contributed by atoms with E-state index < -0.39 is 5.91 Å². The van der Waals surface area contributed by atoms with Crippen LogP contribution in [0.15, 0.2) is 0 Å². The van der Waals surface area contributed by atoms with Crippen molar-refractivity contribution < 1.29 is 9.59 Å². The first-order valence-corrected chi connectivity index (χ1v) is 3.74. The first-order chi connectivity index (χ1) is 5.70. The van der Waals surface area contributed by atoms with Gasteiger partial charge in [-0.05, 0) is 0 Å². The summed E-state index contributed by atoms with van der Waals surface area (Å²) in [5.41, 5.74) is 4.14. The summed E-state index contributed by atoms with van der Waals surface area (Å²) >= 11 is 5.25. The molecule has 0 aliphatic heterocycles. The van der Waals surface area contributed by atoms with Gasteiger partial charge in [-0.2, -0.15) is 5.26 Å². The second-order valence-electron chi connectivity index (χ2n) is 1.87. The van der Waals surface area contributed by atoms with E-state index in [2.05, 4.69) is 5.43 Å². The van der Waals surface area contributed by atoms with Gasteiger partial charge in [0.05, 0.1) is 6.07 Å². The summed E-state index contributed by atoms with van der Waals surface area (Å²) in [5, 5.41) is 8.06. The Morgan fingerprint density at radius 1 is 1.33 bits per heavy atom. The molecule has 6 heteroatoms. The Morgan fingerprint density at radius 3 is 2.42 bits per heavy atom. The standard InChI is InChI=1S/C6H8ClN3O2/c7-3-1-5(11)9-10-6(12)2-4-8/h1-3H2,(H,9,11)(H,10,12). The lowest BCUT2D eigenvalue weighted by Crippen LogP contribution is -2.41. The first kappa shape index (κ1) is 10.7. The summed E-state index contributed by atoms with van der Waals surface area (Å²) < 4.78 is 0. The summed E-state index contributed by atoms with van der Waals surface area (Å²) in [6.07, 6.45) is -0.143. The summed E-state index contributed by atoms with van der Waals surface area (Å²) in [7, 11) is 0. The Hall–Kier alpha value is -1.28. The molecule has 0 heterocycles. The van der Waals surface area contributed by atoms with Crippen LogP contribution in [0.3, 0.4) is 0 Å². The Labute approximate surface area is 74.7 Å². The van der Waals surface area contributed by atoms with Crippen molar-refractivity contribution in [3.8, 4) is 6.07 Å². The van der Waals surface area contributed by atoms with E-state index >= 15 is 0 Å². The minimum atomic E-state index is -0.541. The molecule has 2 N–H and O–H groups in total. The van der Waals surface area contributed by atoms with E-state index in [0.29, 0.717) is 0 Å². The smallest absolute Gasteiger partial charge is 0.252 e. The summed E-state index contributed by atoms with van der Waals surface area (Å²) in [6, 6.07) is 1.63. The number of nitrogens with zero attached hydrogens (tertiary/aromatic N) is 1. The van der Waals surface area contributed by atoms with Gasteiger partial charge in [0.2, 0.25) is 5.91 Å². The lowest BCUT2D eigenvalue weighted by molar-refractivity contribution is -0.128. The summed E-state index contributed by atoms with van der Waals surface area (Å²) in [6.45, 7) is 0. The fraction of sp³-hybridized carbons (Fsp3) is 0.500. The molecule has 0 bridgehead atoms. The molecule has 0 radical (unpaired) electrons. The van der Waals surface area contributed by atoms with Crippen LogP contribution < -0.4 is 10.9 Å². The minimum absolute atomic E-state index is 0.133. The fourth-order valence-electron chi connectivity index (χ4n) is 0.404. The van der Waals surface area contributed by atoms with E-state index in [0.717, 1.165) is 0 Å². The van der Waals surface area contributed by atoms with Crippen LogP contribution in [0.4, 0.5) is 0 Å². The number of hydrogen-bond acceptors (Lipinski definition) is 3. The molecule has 0 aromatic heterocycles. The average molecular weight is 190 g/mol. The molecule has 0 fully saturated rings. The zero-order valence-corrected chi connectivity index (χ0v) is 7.02. The van der Waals surface area contributed by atoms with Crippen molar-refractivity contribution in [1.82, 2.24) is 10.9 Å². The molecule has 66 valence electrons. The number of rotatable bonds is 3. The van der Waals surface area contributed by atoms with Crippen molar-refractivity contribution in [2.24, 2.45) is 0 Å². The summed E-state index contributed by atoms with van der Waals surface area (Å²) in [5.74, 6) is -0.725. The Kier molecular flexibility index (Phi) is 5.75. The minimum Gasteiger partial charge on any atom is -0.273 e. The zero-order valence-electron chi connectivity index (χ0n) is 6.26. The molecule has 0 saturated carbocycles. The number of amides is 2. The van der Waals surface area contributed by atoms with Crippen molar-refractivity contribution in [3.05, 3.63) is 0 Å². The number of nitrogens with one attached hydrogen (secondary N) is 2. The third-order valence-electron chi connectivity index (χ3n) is 0.903. The predicted octanol–water partition coefficient (Wildman–Crippen LogP) is -0.324. The van der Waals surface area contributed by atoms with Gasteiger partial charge >= 0.3 is 0 Å². The molecule has 0 unspecified atom stereocenters. The molecule has 0 saturated heterocycles. The monoisotopic (exact) mass is 189 g/mol. The molecular formula is C6H8ClN3O2. The molecule has 0 aliphatic rings. The summed E-state index contributed by atoms with van der Waals surface area (Å²) in [4.78, 5) is 21.2. The maximum atomic E-state index is 10.7. The van der Waals surface area contributed by atoms with Gasteiger partial charge in [-0.25, -0.2) is 0 Å². The van der Waals surface area contributed by atoms with Crippen LogP contribution in [0.1, 0.15) is 12.8 Å². The quantitative estimate of drug-likeness (QED) is 0.472. The number of nitriles is 1. The molecule has 2 amide bonds. The van der Waals surface area contributed by atoms with Gasteiger partial charge < -0.3 is 0 Å². The number of carbonyl (C=O) groups excluding carboxylic acids is 2. The van der Waals surface area contributed by atoms with Crippen molar-refractivity contribution in [2.75, 3.05) is 5.88 Å². The number of carbonyl (C=O) groups is 2. The maximum absolute atomic E-state index is 10.7. The highest BCUT2D eigenvalue weighted by molar-refractivity contribution is 6.18. The fourth-order valence-corrected chi connectivity index (χ4v) is 0.575. The van der Waals surface area contributed by atoms with Gasteiger partial charge in [0.1, 0.15) is 6.42 Å². The van der Waals surface area contributed by atoms with Crippen LogP contribution in [0.2, 0.25) is 0 Å². The highest BCUT2D eigenvalue weighted by Gasteiger charge is 2.01. The molecule has 5 nitrogen and oxygen atoms in total. The van der Waals surface area contributed by atoms with Gasteiger partial charge in [0.15, 0.2) is 0 Å². The van der Waals surface area contributed by atoms with E-state index in [9.17, 15) is 9.59 Å². The van der Waals surface area contributed by atoms with Crippen LogP contribution >= 0.6 is 11.6 Å². The van der Waals surface area contributed by atoms with E-state index in [-0.39, 0.29) is 24.6 Å². The lowest BCUT2D eigenvalue weighted by Gasteiger charge is -2.02. The molecule has 0 atom stereocenters. The SMILES string of the molecule is N#CCC(=O)NNC(=O)CCCl. The molecule has 0 aliphatic carbocycles. The van der Waals surface area contributed by atoms with E-state index in [1.165, 1.54) is 0 Å². The molecule has 12 heavy (non-hydrogen) atoms. The topological polar surface area (TPSA) is 82.0 Å².